The smallest absolute Gasteiger partial charge is 0.249 e. The molecule has 1 N–H and O–H groups in total. The maximum atomic E-state index is 13.4. The summed E-state index contributed by atoms with van der Waals surface area (Å²) in [4.78, 5) is 14.0. The van der Waals surface area contributed by atoms with E-state index in [-0.39, 0.29) is 37.5 Å². The number of ether oxygens (including phenoxy) is 1. The molecular formula is C17H20FN3O3. The van der Waals surface area contributed by atoms with E-state index in [1.54, 1.807) is 35.0 Å². The topological polar surface area (TPSA) is 67.6 Å². The average Bonchev–Trinajstić information content (AvgIpc) is 3.13. The molecule has 128 valence electrons. The van der Waals surface area contributed by atoms with Gasteiger partial charge in [-0.3, -0.25) is 9.48 Å². The predicted molar refractivity (Wildman–Crippen MR) is 84.3 cm³/mol. The molecule has 3 rings (SSSR count). The highest BCUT2D eigenvalue weighted by atomic mass is 19.1. The Morgan fingerprint density at radius 2 is 2.29 bits per heavy atom. The lowest BCUT2D eigenvalue weighted by Gasteiger charge is -2.24. The molecule has 1 aromatic carbocycles. The number of aliphatic hydroxyl groups excluding tert-OH is 1. The van der Waals surface area contributed by atoms with Crippen LogP contribution in [0.25, 0.3) is 0 Å². The van der Waals surface area contributed by atoms with Gasteiger partial charge in [0.1, 0.15) is 12.4 Å². The summed E-state index contributed by atoms with van der Waals surface area (Å²) in [5, 5.41) is 14.0. The summed E-state index contributed by atoms with van der Waals surface area (Å²) in [6, 6.07) is 7.62. The van der Waals surface area contributed by atoms with Gasteiger partial charge in [0.25, 0.3) is 0 Å². The first kappa shape index (κ1) is 16.6. The number of aliphatic hydroxyl groups is 1. The molecule has 24 heavy (non-hydrogen) atoms. The van der Waals surface area contributed by atoms with Crippen molar-refractivity contribution in [1.82, 2.24) is 14.7 Å². The first-order valence-electron chi connectivity index (χ1n) is 7.82. The highest BCUT2D eigenvalue weighted by Crippen LogP contribution is 2.32. The fraction of sp³-hybridized carbons (Fsp3) is 0.412. The van der Waals surface area contributed by atoms with Gasteiger partial charge >= 0.3 is 0 Å². The number of carbonyl (C=O) groups is 1. The van der Waals surface area contributed by atoms with E-state index in [4.69, 9.17) is 4.74 Å². The summed E-state index contributed by atoms with van der Waals surface area (Å²) in [7, 11) is 1.80. The number of halogens is 1. The highest BCUT2D eigenvalue weighted by molar-refractivity contribution is 5.78. The fourth-order valence-corrected chi connectivity index (χ4v) is 2.99. The molecule has 0 spiro atoms. The Hall–Kier alpha value is -2.25. The van der Waals surface area contributed by atoms with E-state index in [1.165, 1.54) is 12.1 Å². The normalized spacial score (nSPS) is 20.5. The molecule has 2 atom stereocenters. The van der Waals surface area contributed by atoms with Crippen LogP contribution in [0.15, 0.2) is 36.5 Å². The van der Waals surface area contributed by atoms with Crippen molar-refractivity contribution < 1.29 is 19.0 Å². The van der Waals surface area contributed by atoms with E-state index < -0.39 is 6.10 Å². The Balaban J connectivity index is 1.63. The van der Waals surface area contributed by atoms with Crippen molar-refractivity contribution in [2.24, 2.45) is 7.05 Å². The summed E-state index contributed by atoms with van der Waals surface area (Å²) in [6.45, 7) is 0.419. The lowest BCUT2D eigenvalue weighted by molar-refractivity contribution is -0.137. The van der Waals surface area contributed by atoms with Gasteiger partial charge in [-0.25, -0.2) is 4.39 Å². The second kappa shape index (κ2) is 7.11. The second-order valence-corrected chi connectivity index (χ2v) is 5.95. The molecule has 2 aromatic rings. The minimum atomic E-state index is -0.612. The zero-order valence-corrected chi connectivity index (χ0v) is 13.4. The first-order chi connectivity index (χ1) is 11.5. The Morgan fingerprint density at radius 3 is 3.00 bits per heavy atom. The quantitative estimate of drug-likeness (QED) is 0.898. The number of amides is 1. The van der Waals surface area contributed by atoms with Crippen molar-refractivity contribution in [3.63, 3.8) is 0 Å². The average molecular weight is 333 g/mol. The van der Waals surface area contributed by atoms with Crippen molar-refractivity contribution in [3.05, 3.63) is 53.6 Å². The lowest BCUT2D eigenvalue weighted by atomic mass is 10.0. The molecule has 0 unspecified atom stereocenters. The zero-order chi connectivity index (χ0) is 17.1. The summed E-state index contributed by atoms with van der Waals surface area (Å²) in [6.07, 6.45) is 1.45. The van der Waals surface area contributed by atoms with Crippen LogP contribution in [0.4, 0.5) is 4.39 Å². The van der Waals surface area contributed by atoms with Gasteiger partial charge in [-0.05, 0) is 30.2 Å². The van der Waals surface area contributed by atoms with Gasteiger partial charge in [0.05, 0.1) is 24.4 Å². The second-order valence-electron chi connectivity index (χ2n) is 5.95. The summed E-state index contributed by atoms with van der Waals surface area (Å²) < 4.78 is 20.6. The summed E-state index contributed by atoms with van der Waals surface area (Å²) in [5.41, 5.74) is 1.55. The minimum absolute atomic E-state index is 0.0935. The maximum absolute atomic E-state index is 13.4. The van der Waals surface area contributed by atoms with Crippen molar-refractivity contribution in [2.45, 2.75) is 25.2 Å². The van der Waals surface area contributed by atoms with Gasteiger partial charge < -0.3 is 14.7 Å². The van der Waals surface area contributed by atoms with Crippen molar-refractivity contribution in [1.29, 1.82) is 0 Å². The molecule has 1 aromatic heterocycles. The predicted octanol–water partition coefficient (Wildman–Crippen LogP) is 1.41. The largest absolute Gasteiger partial charge is 0.391 e. The maximum Gasteiger partial charge on any atom is 0.249 e. The van der Waals surface area contributed by atoms with Crippen molar-refractivity contribution in [2.75, 3.05) is 13.2 Å². The third-order valence-corrected chi connectivity index (χ3v) is 4.23. The van der Waals surface area contributed by atoms with Crippen LogP contribution < -0.4 is 0 Å². The van der Waals surface area contributed by atoms with Crippen LogP contribution in [-0.4, -0.2) is 44.9 Å². The van der Waals surface area contributed by atoms with E-state index in [0.717, 1.165) is 5.69 Å². The Labute approximate surface area is 139 Å². The Kier molecular flexibility index (Phi) is 4.92. The Bertz CT molecular complexity index is 719. The van der Waals surface area contributed by atoms with Crippen LogP contribution in [0.3, 0.4) is 0 Å². The van der Waals surface area contributed by atoms with Gasteiger partial charge in [0.2, 0.25) is 5.91 Å². The van der Waals surface area contributed by atoms with E-state index >= 15 is 0 Å². The summed E-state index contributed by atoms with van der Waals surface area (Å²) >= 11 is 0. The van der Waals surface area contributed by atoms with Gasteiger partial charge in [-0.2, -0.15) is 5.10 Å². The van der Waals surface area contributed by atoms with Crippen molar-refractivity contribution in [3.8, 4) is 0 Å². The minimum Gasteiger partial charge on any atom is -0.391 e. The lowest BCUT2D eigenvalue weighted by Crippen LogP contribution is -2.34. The van der Waals surface area contributed by atoms with Crippen LogP contribution in [-0.2, 0) is 23.2 Å². The number of rotatable bonds is 5. The molecule has 1 aliphatic rings. The SMILES string of the molecule is Cn1nccc1COCC(=O)N1C[C@H](O)C[C@H]1c1cccc(F)c1. The van der Waals surface area contributed by atoms with Crippen LogP contribution in [0.2, 0.25) is 0 Å². The number of nitrogens with zero attached hydrogens (tertiary/aromatic N) is 3. The number of carbonyl (C=O) groups excluding carboxylic acids is 1. The van der Waals surface area contributed by atoms with E-state index in [2.05, 4.69) is 5.10 Å². The van der Waals surface area contributed by atoms with E-state index in [1.807, 2.05) is 6.07 Å². The third kappa shape index (κ3) is 3.63. The monoisotopic (exact) mass is 333 g/mol. The molecular weight excluding hydrogens is 313 g/mol. The van der Waals surface area contributed by atoms with E-state index in [9.17, 15) is 14.3 Å². The van der Waals surface area contributed by atoms with Gasteiger partial charge in [0.15, 0.2) is 0 Å². The molecule has 0 saturated carbocycles. The molecule has 1 fully saturated rings. The van der Waals surface area contributed by atoms with Gasteiger partial charge in [-0.15, -0.1) is 0 Å². The number of β-amino-alcohol motifs (C(OH)–C–C–N with tert-alkyl or cyclic N) is 1. The Morgan fingerprint density at radius 1 is 1.46 bits per heavy atom. The molecule has 2 heterocycles. The molecule has 1 aliphatic heterocycles. The molecule has 0 bridgehead atoms. The molecule has 6 nitrogen and oxygen atoms in total. The van der Waals surface area contributed by atoms with Gasteiger partial charge in [-0.1, -0.05) is 12.1 Å². The number of hydrogen-bond donors (Lipinski definition) is 1. The number of aromatic nitrogens is 2. The van der Waals surface area contributed by atoms with Crippen LogP contribution in [0, 0.1) is 5.82 Å². The van der Waals surface area contributed by atoms with Crippen LogP contribution >= 0.6 is 0 Å². The zero-order valence-electron chi connectivity index (χ0n) is 13.4. The summed E-state index contributed by atoms with van der Waals surface area (Å²) in [5.74, 6) is -0.572. The third-order valence-electron chi connectivity index (χ3n) is 4.23. The molecule has 1 saturated heterocycles. The van der Waals surface area contributed by atoms with Gasteiger partial charge in [0, 0.05) is 19.8 Å². The first-order valence-corrected chi connectivity index (χ1v) is 7.82. The van der Waals surface area contributed by atoms with E-state index in [0.29, 0.717) is 12.0 Å². The number of aryl methyl sites for hydroxylation is 1. The molecule has 0 radical (unpaired) electrons. The number of benzene rings is 1. The van der Waals surface area contributed by atoms with Crippen LogP contribution in [0.1, 0.15) is 23.7 Å². The standard InChI is InChI=1S/C17H20FN3O3/c1-20-14(5-6-19-20)10-24-11-17(23)21-9-15(22)8-16(21)12-3-2-4-13(18)7-12/h2-7,15-16,22H,8-11H2,1H3/t15-,16+/m1/s1. The molecule has 0 aliphatic carbocycles. The fourth-order valence-electron chi connectivity index (χ4n) is 2.99. The van der Waals surface area contributed by atoms with Crippen molar-refractivity contribution >= 4 is 5.91 Å². The number of hydrogen-bond acceptors (Lipinski definition) is 4. The van der Waals surface area contributed by atoms with Crippen LogP contribution in [0.5, 0.6) is 0 Å². The number of likely N-dealkylation sites (tertiary alicyclic amines) is 1. The highest BCUT2D eigenvalue weighted by Gasteiger charge is 2.35. The molecule has 1 amide bonds. The molecule has 7 heteroatoms.